The summed E-state index contributed by atoms with van der Waals surface area (Å²) in [5.74, 6) is 0. The smallest absolute Gasteiger partial charge is 0.0970 e. The lowest BCUT2D eigenvalue weighted by atomic mass is 9.93. The fourth-order valence-corrected chi connectivity index (χ4v) is 7.87. The first-order valence-corrected chi connectivity index (χ1v) is 18.3. The van der Waals surface area contributed by atoms with E-state index in [1.165, 1.54) is 66.6 Å². The van der Waals surface area contributed by atoms with Crippen LogP contribution < -0.4 is 0 Å². The molecule has 8 bridgehead atoms. The Morgan fingerprint density at radius 2 is 0.872 bits per heavy atom. The minimum Gasteiger partial charge on any atom is -0.355 e. The molecule has 0 spiro atoms. The summed E-state index contributed by atoms with van der Waals surface area (Å²) in [6.07, 6.45) is 12.3. The lowest BCUT2D eigenvalue weighted by Gasteiger charge is -2.21. The zero-order valence-corrected chi connectivity index (χ0v) is 31.1. The van der Waals surface area contributed by atoms with E-state index in [-0.39, 0.29) is 0 Å². The zero-order valence-electron chi connectivity index (χ0n) is 31.1. The van der Waals surface area contributed by atoms with Crippen molar-refractivity contribution in [2.45, 2.75) is 107 Å². The Kier molecular flexibility index (Phi) is 10.5. The van der Waals surface area contributed by atoms with Crippen LogP contribution >= 0.6 is 0 Å². The third-order valence-corrected chi connectivity index (χ3v) is 10.1. The summed E-state index contributed by atoms with van der Waals surface area (Å²) in [5, 5.41) is 0. The molecule has 0 radical (unpaired) electrons. The van der Waals surface area contributed by atoms with Crippen LogP contribution in [0.4, 0.5) is 0 Å². The highest BCUT2D eigenvalue weighted by Gasteiger charge is 2.26. The molecule has 2 N–H and O–H groups in total. The maximum atomic E-state index is 5.54. The number of allylic oxidation sites excluding steroid dienone is 4. The van der Waals surface area contributed by atoms with Crippen molar-refractivity contribution in [2.24, 2.45) is 0 Å². The molecular formula is C42H58N5+. The van der Waals surface area contributed by atoms with E-state index in [0.29, 0.717) is 0 Å². The standard InChI is InChI=1S/C42H58N5/c1-12-26-28(14-3)37-24-39-30(16-5)32(18-7)41(45-39)34(21-20-22-47(9,10)11)42-33(19-8)31(17-6)40(46-42)25-38-29(15-4)27(13-2)36(44-38)23-35(26)43-37/h20-21,23-25,43-44H,12-19,22H2,1-11H3/q+1/b21-20+,35-23?,36-23?,37-24?,38-25?,39-24?,40-25?,41-34?,42-34?. The predicted molar refractivity (Wildman–Crippen MR) is 205 cm³/mol. The molecule has 5 rings (SSSR count). The zero-order chi connectivity index (χ0) is 34.0. The molecule has 0 saturated carbocycles. The lowest BCUT2D eigenvalue weighted by molar-refractivity contribution is -0.864. The maximum Gasteiger partial charge on any atom is 0.0970 e. The normalized spacial score (nSPS) is 13.9. The molecule has 0 aliphatic carbocycles. The lowest BCUT2D eigenvalue weighted by Crippen LogP contribution is -2.34. The average Bonchev–Trinajstić information content (AvgIpc) is 3.77. The Bertz CT molecular complexity index is 1790. The maximum absolute atomic E-state index is 5.54. The number of aryl methyl sites for hydroxylation is 4. The van der Waals surface area contributed by atoms with Gasteiger partial charge in [-0.25, -0.2) is 9.97 Å². The number of nitrogens with zero attached hydrogens (tertiary/aromatic N) is 3. The van der Waals surface area contributed by atoms with Gasteiger partial charge in [0, 0.05) is 27.6 Å². The topological polar surface area (TPSA) is 57.4 Å². The monoisotopic (exact) mass is 632 g/mol. The number of aromatic nitrogens is 4. The Morgan fingerprint density at radius 3 is 1.19 bits per heavy atom. The van der Waals surface area contributed by atoms with Gasteiger partial charge in [0.25, 0.3) is 0 Å². The number of quaternary nitrogens is 1. The molecule has 5 heteroatoms. The molecular weight excluding hydrogens is 574 g/mol. The number of rotatable bonds is 11. The molecule has 0 aromatic carbocycles. The number of nitrogens with one attached hydrogen (secondary N) is 2. The quantitative estimate of drug-likeness (QED) is 0.207. The second-order valence-electron chi connectivity index (χ2n) is 14.0. The van der Waals surface area contributed by atoms with Gasteiger partial charge in [0.05, 0.1) is 50.5 Å². The molecule has 2 aliphatic heterocycles. The van der Waals surface area contributed by atoms with E-state index < -0.39 is 0 Å². The van der Waals surface area contributed by atoms with Gasteiger partial charge < -0.3 is 14.5 Å². The largest absolute Gasteiger partial charge is 0.355 e. The number of hydrogen-bond donors (Lipinski definition) is 2. The molecule has 0 fully saturated rings. The molecule has 250 valence electrons. The van der Waals surface area contributed by atoms with E-state index in [0.717, 1.165) is 90.7 Å². The number of hydrogen-bond acceptors (Lipinski definition) is 2. The number of aromatic amines is 2. The van der Waals surface area contributed by atoms with Crippen molar-refractivity contribution in [1.82, 2.24) is 19.9 Å². The van der Waals surface area contributed by atoms with Gasteiger partial charge in [0.1, 0.15) is 0 Å². The van der Waals surface area contributed by atoms with E-state index in [2.05, 4.69) is 117 Å². The van der Waals surface area contributed by atoms with Crippen LogP contribution in [0.3, 0.4) is 0 Å². The fourth-order valence-electron chi connectivity index (χ4n) is 7.87. The van der Waals surface area contributed by atoms with Crippen molar-refractivity contribution in [3.8, 4) is 0 Å². The third kappa shape index (κ3) is 6.44. The summed E-state index contributed by atoms with van der Waals surface area (Å²) < 4.78 is 0.868. The predicted octanol–water partition coefficient (Wildman–Crippen LogP) is 10.7. The number of H-pyrrole nitrogens is 2. The van der Waals surface area contributed by atoms with Crippen LogP contribution in [0.5, 0.6) is 0 Å². The van der Waals surface area contributed by atoms with E-state index in [9.17, 15) is 0 Å². The first kappa shape index (κ1) is 34.6. The molecule has 0 amide bonds. The van der Waals surface area contributed by atoms with Gasteiger partial charge in [-0.2, -0.15) is 0 Å². The van der Waals surface area contributed by atoms with Crippen LogP contribution in [0.2, 0.25) is 0 Å². The minimum absolute atomic E-state index is 0.868. The van der Waals surface area contributed by atoms with Crippen LogP contribution in [0, 0.1) is 0 Å². The highest BCUT2D eigenvalue weighted by molar-refractivity contribution is 5.99. The van der Waals surface area contributed by atoms with Crippen molar-refractivity contribution in [2.75, 3.05) is 27.7 Å². The SMILES string of the molecule is CCC1=C(CC)c2nc1cc1[nH]c(cc3[nH]c(cc4nc(c2/C=C/C[N+](C)(C)C)C(CC)=C4CC)c(CC)c3CC)c(CC)c1CC. The number of fused-ring (bicyclic) bond motifs is 8. The summed E-state index contributed by atoms with van der Waals surface area (Å²) in [6, 6.07) is 7.04. The molecule has 3 aromatic heterocycles. The van der Waals surface area contributed by atoms with Crippen molar-refractivity contribution >= 4 is 50.4 Å². The molecule has 2 aliphatic rings. The Labute approximate surface area is 283 Å². The van der Waals surface area contributed by atoms with E-state index in [1.807, 2.05) is 0 Å². The molecule has 5 heterocycles. The first-order valence-electron chi connectivity index (χ1n) is 18.3. The molecule has 0 atom stereocenters. The highest BCUT2D eigenvalue weighted by Crippen LogP contribution is 2.42. The van der Waals surface area contributed by atoms with Crippen LogP contribution in [0.25, 0.3) is 50.4 Å². The van der Waals surface area contributed by atoms with Crippen LogP contribution in [0.15, 0.2) is 24.3 Å². The van der Waals surface area contributed by atoms with Crippen molar-refractivity contribution < 1.29 is 4.48 Å². The molecule has 0 unspecified atom stereocenters. The van der Waals surface area contributed by atoms with Gasteiger partial charge >= 0.3 is 0 Å². The van der Waals surface area contributed by atoms with E-state index in [4.69, 9.17) is 9.97 Å². The number of likely N-dealkylation sites (N-methyl/N-ethyl adjacent to an activating group) is 1. The van der Waals surface area contributed by atoms with Crippen LogP contribution in [0.1, 0.15) is 132 Å². The second-order valence-corrected chi connectivity index (χ2v) is 14.0. The van der Waals surface area contributed by atoms with Crippen molar-refractivity contribution in [3.63, 3.8) is 0 Å². The summed E-state index contributed by atoms with van der Waals surface area (Å²) >= 11 is 0. The second kappa shape index (κ2) is 14.2. The fraction of sp³-hybridized carbons (Fsp3) is 0.476. The van der Waals surface area contributed by atoms with Crippen LogP contribution in [-0.4, -0.2) is 52.1 Å². The van der Waals surface area contributed by atoms with Crippen LogP contribution in [-0.2, 0) is 25.7 Å². The Balaban J connectivity index is 2.08. The Morgan fingerprint density at radius 1 is 0.511 bits per heavy atom. The molecule has 0 saturated heterocycles. The summed E-state index contributed by atoms with van der Waals surface area (Å²) in [5.41, 5.74) is 21.3. The Hall–Kier alpha value is -3.70. The van der Waals surface area contributed by atoms with Gasteiger partial charge in [-0.3, -0.25) is 0 Å². The average molecular weight is 633 g/mol. The van der Waals surface area contributed by atoms with Gasteiger partial charge in [0.15, 0.2) is 0 Å². The third-order valence-electron chi connectivity index (χ3n) is 10.1. The van der Waals surface area contributed by atoms with Crippen molar-refractivity contribution in [1.29, 1.82) is 0 Å². The van der Waals surface area contributed by atoms with Gasteiger partial charge in [-0.05, 0) is 126 Å². The van der Waals surface area contributed by atoms with E-state index >= 15 is 0 Å². The van der Waals surface area contributed by atoms with E-state index in [1.54, 1.807) is 0 Å². The molecule has 47 heavy (non-hydrogen) atoms. The highest BCUT2D eigenvalue weighted by atomic mass is 15.3. The summed E-state index contributed by atoms with van der Waals surface area (Å²) in [7, 11) is 6.73. The minimum atomic E-state index is 0.868. The van der Waals surface area contributed by atoms with Gasteiger partial charge in [-0.15, -0.1) is 0 Å². The molecule has 5 nitrogen and oxygen atoms in total. The van der Waals surface area contributed by atoms with Crippen molar-refractivity contribution in [3.05, 3.63) is 74.9 Å². The first-order chi connectivity index (χ1) is 22.6. The van der Waals surface area contributed by atoms with Gasteiger partial charge in [-0.1, -0.05) is 55.4 Å². The summed E-state index contributed by atoms with van der Waals surface area (Å²) in [4.78, 5) is 18.9. The molecule has 3 aromatic rings. The summed E-state index contributed by atoms with van der Waals surface area (Å²) in [6.45, 7) is 19.2. The van der Waals surface area contributed by atoms with Gasteiger partial charge in [0.2, 0.25) is 0 Å².